The molecule has 12 heteroatoms. The van der Waals surface area contributed by atoms with Crippen molar-refractivity contribution >= 4 is 37.6 Å². The van der Waals surface area contributed by atoms with Crippen LogP contribution in [0.4, 0.5) is 5.69 Å². The Morgan fingerprint density at radius 2 is 1.64 bits per heavy atom. The topological polar surface area (TPSA) is 198 Å². The molecule has 0 aliphatic heterocycles. The largest absolute Gasteiger partial charge is 0.478 e. The van der Waals surface area contributed by atoms with Gasteiger partial charge in [-0.25, -0.2) is 4.79 Å². The van der Waals surface area contributed by atoms with Crippen LogP contribution in [0.3, 0.4) is 0 Å². The second-order valence-electron chi connectivity index (χ2n) is 9.74. The minimum Gasteiger partial charge on any atom is -0.478 e. The molecule has 2 aliphatic rings. The zero-order valence-corrected chi connectivity index (χ0v) is 23.3. The summed E-state index contributed by atoms with van der Waals surface area (Å²) in [6.07, 6.45) is 2.57. The lowest BCUT2D eigenvalue weighted by Crippen LogP contribution is -2.44. The highest BCUT2D eigenvalue weighted by molar-refractivity contribution is 7.91. The van der Waals surface area contributed by atoms with Gasteiger partial charge in [-0.15, -0.1) is 0 Å². The lowest BCUT2D eigenvalue weighted by molar-refractivity contribution is -0.111. The highest BCUT2D eigenvalue weighted by Gasteiger charge is 2.43. The van der Waals surface area contributed by atoms with E-state index in [1.54, 1.807) is 12.1 Å². The number of anilines is 1. The number of hydrogen-bond donors (Lipinski definition) is 5. The molecule has 10 nitrogen and oxygen atoms in total. The number of aromatic carboxylic acids is 1. The quantitative estimate of drug-likeness (QED) is 0.202. The van der Waals surface area contributed by atoms with Crippen LogP contribution in [0.15, 0.2) is 76.1 Å². The normalized spacial score (nSPS) is 18.7. The first-order valence-electron chi connectivity index (χ1n) is 11.8. The molecule has 0 fully saturated rings. The van der Waals surface area contributed by atoms with E-state index in [-0.39, 0.29) is 40.1 Å². The third-order valence-electron chi connectivity index (χ3n) is 6.86. The third kappa shape index (κ3) is 6.04. The first-order chi connectivity index (χ1) is 18.0. The zero-order valence-electron chi connectivity index (χ0n) is 21.6. The predicted molar refractivity (Wildman–Crippen MR) is 147 cm³/mol. The van der Waals surface area contributed by atoms with Crippen LogP contribution < -0.4 is 11.1 Å². The van der Waals surface area contributed by atoms with Gasteiger partial charge < -0.3 is 10.8 Å². The Morgan fingerprint density at radius 3 is 2.15 bits per heavy atom. The molecule has 0 spiro atoms. The van der Waals surface area contributed by atoms with Crippen LogP contribution >= 0.6 is 0 Å². The Kier molecular flexibility index (Phi) is 8.37. The molecular weight excluding hydrogens is 544 g/mol. The Morgan fingerprint density at radius 1 is 1.05 bits per heavy atom. The van der Waals surface area contributed by atoms with E-state index in [9.17, 15) is 35.8 Å². The summed E-state index contributed by atoms with van der Waals surface area (Å²) in [6.45, 7) is 10.1. The molecule has 4 rings (SSSR count). The second kappa shape index (κ2) is 10.9. The van der Waals surface area contributed by atoms with Crippen molar-refractivity contribution < 1.29 is 41.3 Å². The summed E-state index contributed by atoms with van der Waals surface area (Å²) in [6, 6.07) is 8.81. The monoisotopic (exact) mass is 575 g/mol. The van der Waals surface area contributed by atoms with Crippen molar-refractivity contribution in [1.29, 1.82) is 0 Å². The van der Waals surface area contributed by atoms with Crippen LogP contribution in [0.2, 0.25) is 0 Å². The summed E-state index contributed by atoms with van der Waals surface area (Å²) < 4.78 is 68.6. The van der Waals surface area contributed by atoms with E-state index in [4.69, 9.17) is 11.1 Å². The summed E-state index contributed by atoms with van der Waals surface area (Å²) in [7, 11) is -9.67. The molecule has 0 aromatic heterocycles. The van der Waals surface area contributed by atoms with E-state index >= 15 is 0 Å². The van der Waals surface area contributed by atoms with Crippen LogP contribution in [0.1, 0.15) is 53.7 Å². The fraction of sp³-hybridized carbons (Fsp3) is 0.259. The molecular formula is C27H31N2O8S2+. The average Bonchev–Trinajstić information content (AvgIpc) is 2.81. The van der Waals surface area contributed by atoms with E-state index in [0.29, 0.717) is 11.5 Å². The van der Waals surface area contributed by atoms with Gasteiger partial charge in [0.2, 0.25) is 5.71 Å². The molecule has 39 heavy (non-hydrogen) atoms. The van der Waals surface area contributed by atoms with Gasteiger partial charge in [0.25, 0.3) is 10.1 Å². The molecule has 0 bridgehead atoms. The molecule has 2 aromatic carbocycles. The van der Waals surface area contributed by atoms with Gasteiger partial charge in [0, 0.05) is 17.9 Å². The molecule has 0 saturated carbocycles. The molecule has 208 valence electrons. The highest BCUT2D eigenvalue weighted by atomic mass is 32.2. The van der Waals surface area contributed by atoms with Gasteiger partial charge in [-0.2, -0.15) is 16.8 Å². The Labute approximate surface area is 227 Å². The summed E-state index contributed by atoms with van der Waals surface area (Å²) in [5.74, 6) is -2.24. The molecule has 0 heterocycles. The summed E-state index contributed by atoms with van der Waals surface area (Å²) in [5.41, 5.74) is 7.19. The Balaban J connectivity index is 0.000000631. The summed E-state index contributed by atoms with van der Waals surface area (Å²) in [4.78, 5) is 10.8. The number of carbonyl (C=O) groups is 1. The molecule has 0 amide bonds. The fourth-order valence-corrected chi connectivity index (χ4v) is 6.48. The average molecular weight is 576 g/mol. The molecule has 2 aliphatic carbocycles. The number of rotatable bonds is 5. The van der Waals surface area contributed by atoms with Crippen molar-refractivity contribution in [2.45, 2.75) is 38.0 Å². The molecule has 7 N–H and O–H groups in total. The minimum absolute atomic E-state index is 0.00167. The van der Waals surface area contributed by atoms with E-state index < -0.39 is 47.8 Å². The van der Waals surface area contributed by atoms with E-state index in [0.717, 1.165) is 0 Å². The van der Waals surface area contributed by atoms with Gasteiger partial charge in [-0.05, 0) is 53.7 Å². The van der Waals surface area contributed by atoms with Gasteiger partial charge in [0.15, 0.2) is 4.91 Å². The molecule has 2 unspecified atom stereocenters. The standard InChI is InChI=1S/C21H18N2O8S2.C6H12/c22-16-7-5-11-14(19(16)32(26,27)28)9-15-12(6-8-17(23)20(15)33(29,30)31)18(11)10-3-1-2-4-13(10)21(24)25;1-5(2)6(3)4/h1-8,11,18,22H,9,23H2,(H,24,25)(H,26,27,28)(H,29,30,31);6H,1H2,2-4H3/p+1. The van der Waals surface area contributed by atoms with E-state index in [1.807, 2.05) is 6.92 Å². The van der Waals surface area contributed by atoms with Gasteiger partial charge in [0.1, 0.15) is 4.90 Å². The summed E-state index contributed by atoms with van der Waals surface area (Å²) in [5, 5.41) is 15.6. The number of nitrogens with two attached hydrogens (primary N) is 2. The number of nitrogen functional groups attached to an aromatic ring is 1. The zero-order chi connectivity index (χ0) is 29.4. The van der Waals surface area contributed by atoms with Gasteiger partial charge in [0.05, 0.1) is 11.3 Å². The maximum atomic E-state index is 12.2. The number of allylic oxidation sites excluding steroid dienone is 5. The number of fused-ring (bicyclic) bond motifs is 2. The van der Waals surface area contributed by atoms with Gasteiger partial charge >= 0.3 is 16.1 Å². The second-order valence-corrected chi connectivity index (χ2v) is 12.5. The maximum Gasteiger partial charge on any atom is 0.335 e. The Hall–Kier alpha value is -3.58. The van der Waals surface area contributed by atoms with Crippen LogP contribution in [-0.2, 0) is 26.7 Å². The lowest BCUT2D eigenvalue weighted by Gasteiger charge is -2.37. The smallest absolute Gasteiger partial charge is 0.335 e. The van der Waals surface area contributed by atoms with Crippen LogP contribution in [0, 0.1) is 11.8 Å². The van der Waals surface area contributed by atoms with Crippen LogP contribution in [-0.4, -0.2) is 42.7 Å². The highest BCUT2D eigenvalue weighted by Crippen LogP contribution is 2.50. The van der Waals surface area contributed by atoms with Gasteiger partial charge in [-0.3, -0.25) is 14.5 Å². The molecule has 2 aromatic rings. The van der Waals surface area contributed by atoms with E-state index in [1.165, 1.54) is 42.0 Å². The SMILES string of the molecule is C=C(C)C(C)C.Nc1ccc2c(c1S(=O)(=O)O)CC1=C(S(=O)(=O)O)C(=[NH2+])C=CC1C2c1ccccc1C(=O)O. The number of benzene rings is 2. The summed E-state index contributed by atoms with van der Waals surface area (Å²) >= 11 is 0. The van der Waals surface area contributed by atoms with Crippen molar-refractivity contribution in [1.82, 2.24) is 0 Å². The third-order valence-corrected chi connectivity index (χ3v) is 8.87. The predicted octanol–water partition coefficient (Wildman–Crippen LogP) is 2.65. The first-order valence-corrected chi connectivity index (χ1v) is 14.7. The molecule has 0 saturated heterocycles. The lowest BCUT2D eigenvalue weighted by atomic mass is 9.67. The van der Waals surface area contributed by atoms with Gasteiger partial charge in [-0.1, -0.05) is 56.3 Å². The van der Waals surface area contributed by atoms with Crippen molar-refractivity contribution in [3.63, 3.8) is 0 Å². The molecule has 0 radical (unpaired) electrons. The van der Waals surface area contributed by atoms with Crippen molar-refractivity contribution in [2.24, 2.45) is 11.8 Å². The Bertz CT molecular complexity index is 1650. The number of hydrogen-bond acceptors (Lipinski definition) is 6. The van der Waals surface area contributed by atoms with Crippen LogP contribution in [0.25, 0.3) is 0 Å². The minimum atomic E-state index is -4.84. The van der Waals surface area contributed by atoms with Crippen LogP contribution in [0.5, 0.6) is 0 Å². The fourth-order valence-electron chi connectivity index (χ4n) is 4.71. The van der Waals surface area contributed by atoms with E-state index in [2.05, 4.69) is 20.4 Å². The number of carboxylic acid groups (broad SMARTS) is 1. The van der Waals surface area contributed by atoms with Crippen molar-refractivity contribution in [3.8, 4) is 0 Å². The number of carboxylic acids is 1. The molecule has 2 atom stereocenters. The first kappa shape index (κ1) is 30.0. The van der Waals surface area contributed by atoms with Crippen molar-refractivity contribution in [3.05, 3.63) is 93.4 Å². The van der Waals surface area contributed by atoms with Crippen molar-refractivity contribution in [2.75, 3.05) is 5.73 Å². The maximum absolute atomic E-state index is 12.2.